The van der Waals surface area contributed by atoms with Crippen molar-refractivity contribution in [1.82, 2.24) is 16.0 Å². The first kappa shape index (κ1) is 27.5. The van der Waals surface area contributed by atoms with Gasteiger partial charge in [0.2, 0.25) is 0 Å². The minimum Gasteiger partial charge on any atom is -0.481 e. The molecule has 1 fully saturated rings. The van der Waals surface area contributed by atoms with Gasteiger partial charge in [-0.2, -0.15) is 11.8 Å². The molecule has 24 heavy (non-hydrogen) atoms. The van der Waals surface area contributed by atoms with Crippen LogP contribution in [0.25, 0.3) is 0 Å². The van der Waals surface area contributed by atoms with Gasteiger partial charge < -0.3 is 31.3 Å². The highest BCUT2D eigenvalue weighted by atomic mass is 32.2. The molecule has 0 aromatic heterocycles. The van der Waals surface area contributed by atoms with Crippen LogP contribution in [0, 0.1) is 0 Å². The number of hydrogen-bond acceptors (Lipinski definition) is 7. The Morgan fingerprint density at radius 3 is 1.08 bits per heavy atom. The van der Waals surface area contributed by atoms with Crippen LogP contribution in [0.2, 0.25) is 0 Å². The van der Waals surface area contributed by atoms with E-state index in [1.54, 1.807) is 0 Å². The Bertz CT molecular complexity index is 235. The highest BCUT2D eigenvalue weighted by Gasteiger charge is 1.93. The summed E-state index contributed by atoms with van der Waals surface area (Å²) in [7, 11) is 0. The molecule has 10 heteroatoms. The van der Waals surface area contributed by atoms with Crippen LogP contribution in [0.5, 0.6) is 0 Å². The predicted octanol–water partition coefficient (Wildman–Crippen LogP) is -0.225. The van der Waals surface area contributed by atoms with Crippen LogP contribution in [0.15, 0.2) is 0 Å². The molecule has 1 aliphatic heterocycles. The molecule has 0 saturated carbocycles. The Morgan fingerprint density at radius 2 is 0.833 bits per heavy atom. The minimum atomic E-state index is -0.833. The average Bonchev–Trinajstić information content (AvgIpc) is 2.37. The van der Waals surface area contributed by atoms with E-state index in [2.05, 4.69) is 16.0 Å². The molecule has 1 aliphatic rings. The number of carbonyl (C=O) groups is 3. The largest absolute Gasteiger partial charge is 0.481 e. The van der Waals surface area contributed by atoms with Crippen molar-refractivity contribution >= 4 is 29.7 Å². The lowest BCUT2D eigenvalue weighted by Gasteiger charge is -2.09. The first-order chi connectivity index (χ1) is 11.2. The Morgan fingerprint density at radius 1 is 0.625 bits per heavy atom. The maximum Gasteiger partial charge on any atom is 0.300 e. The van der Waals surface area contributed by atoms with Gasteiger partial charge in [-0.1, -0.05) is 0 Å². The van der Waals surface area contributed by atoms with Gasteiger partial charge in [0.15, 0.2) is 0 Å². The number of carboxylic acids is 3. The van der Waals surface area contributed by atoms with Gasteiger partial charge >= 0.3 is 0 Å². The third-order valence-corrected chi connectivity index (χ3v) is 2.79. The summed E-state index contributed by atoms with van der Waals surface area (Å²) < 4.78 is 0. The standard InChI is InChI=1S/C8H19N3S.3C2H4O2/c1-3-10-5-7-12-8-6-11-4-2-9-1;3*1-2(3)4/h9-11H,1-8H2;3*1H3,(H,3,4). The summed E-state index contributed by atoms with van der Waals surface area (Å²) in [6.07, 6.45) is 0. The van der Waals surface area contributed by atoms with E-state index < -0.39 is 17.9 Å². The number of nitrogens with one attached hydrogen (secondary N) is 3. The summed E-state index contributed by atoms with van der Waals surface area (Å²) in [5, 5.41) is 32.4. The van der Waals surface area contributed by atoms with E-state index in [1.807, 2.05) is 11.8 Å². The fourth-order valence-corrected chi connectivity index (χ4v) is 1.90. The summed E-state index contributed by atoms with van der Waals surface area (Å²) in [5.41, 5.74) is 0. The van der Waals surface area contributed by atoms with Crippen molar-refractivity contribution in [2.24, 2.45) is 0 Å². The molecular formula is C14H31N3O6S. The van der Waals surface area contributed by atoms with E-state index in [1.165, 1.54) is 11.5 Å². The fraction of sp³-hybridized carbons (Fsp3) is 0.786. The third-order valence-electron chi connectivity index (χ3n) is 1.80. The van der Waals surface area contributed by atoms with Crippen LogP contribution >= 0.6 is 11.8 Å². The predicted molar refractivity (Wildman–Crippen MR) is 95.9 cm³/mol. The maximum absolute atomic E-state index is 9.00. The lowest BCUT2D eigenvalue weighted by Crippen LogP contribution is -2.34. The van der Waals surface area contributed by atoms with Crippen molar-refractivity contribution in [2.75, 3.05) is 50.8 Å². The molecular weight excluding hydrogens is 338 g/mol. The number of hydrogen-bond donors (Lipinski definition) is 6. The average molecular weight is 369 g/mol. The van der Waals surface area contributed by atoms with Crippen molar-refractivity contribution in [3.05, 3.63) is 0 Å². The molecule has 0 aliphatic carbocycles. The second kappa shape index (κ2) is 23.9. The molecule has 0 bridgehead atoms. The van der Waals surface area contributed by atoms with Crippen molar-refractivity contribution < 1.29 is 29.7 Å². The molecule has 0 amide bonds. The van der Waals surface area contributed by atoms with E-state index >= 15 is 0 Å². The first-order valence-electron chi connectivity index (χ1n) is 7.48. The van der Waals surface area contributed by atoms with Crippen molar-refractivity contribution in [2.45, 2.75) is 20.8 Å². The van der Waals surface area contributed by atoms with E-state index in [0.29, 0.717) is 0 Å². The molecule has 0 spiro atoms. The smallest absolute Gasteiger partial charge is 0.300 e. The fourth-order valence-electron chi connectivity index (χ4n) is 1.12. The second-order valence-corrected chi connectivity index (χ2v) is 5.64. The van der Waals surface area contributed by atoms with Crippen LogP contribution in [-0.2, 0) is 14.4 Å². The quantitative estimate of drug-likeness (QED) is 0.338. The number of aliphatic carboxylic acids is 3. The number of thioether (sulfide) groups is 1. The molecule has 1 saturated heterocycles. The molecule has 0 unspecified atom stereocenters. The van der Waals surface area contributed by atoms with Crippen LogP contribution in [-0.4, -0.2) is 84.0 Å². The van der Waals surface area contributed by atoms with Gasteiger partial charge in [-0.25, -0.2) is 0 Å². The minimum absolute atomic E-state index is 0.833. The maximum atomic E-state index is 9.00. The normalized spacial score (nSPS) is 15.1. The summed E-state index contributed by atoms with van der Waals surface area (Å²) in [6.45, 7) is 9.92. The highest BCUT2D eigenvalue weighted by molar-refractivity contribution is 7.99. The zero-order valence-electron chi connectivity index (χ0n) is 14.6. The molecule has 1 rings (SSSR count). The topological polar surface area (TPSA) is 148 Å². The molecule has 0 aromatic carbocycles. The molecule has 0 aromatic rings. The number of carboxylic acid groups (broad SMARTS) is 3. The van der Waals surface area contributed by atoms with Crippen LogP contribution in [0.1, 0.15) is 20.8 Å². The van der Waals surface area contributed by atoms with Gasteiger partial charge in [-0.15, -0.1) is 0 Å². The summed E-state index contributed by atoms with van der Waals surface area (Å²) >= 11 is 2.02. The van der Waals surface area contributed by atoms with Gasteiger partial charge in [0, 0.05) is 71.5 Å². The lowest BCUT2D eigenvalue weighted by molar-refractivity contribution is -0.135. The Kier molecular flexibility index (Phi) is 27.4. The SMILES string of the molecule is C1CNCCSCCNCCN1.CC(=O)O.CC(=O)O.CC(=O)O. The van der Waals surface area contributed by atoms with Gasteiger partial charge in [-0.05, 0) is 0 Å². The van der Waals surface area contributed by atoms with Gasteiger partial charge in [0.05, 0.1) is 0 Å². The van der Waals surface area contributed by atoms with E-state index in [-0.39, 0.29) is 0 Å². The summed E-state index contributed by atoms with van der Waals surface area (Å²) in [4.78, 5) is 27.0. The third kappa shape index (κ3) is 70.3. The Hall–Kier alpha value is -1.36. The Balaban J connectivity index is -0.000000304. The monoisotopic (exact) mass is 369 g/mol. The van der Waals surface area contributed by atoms with E-state index in [0.717, 1.165) is 60.0 Å². The molecule has 6 N–H and O–H groups in total. The highest BCUT2D eigenvalue weighted by Crippen LogP contribution is 1.95. The summed E-state index contributed by atoms with van der Waals surface area (Å²) in [5.74, 6) is -0.0244. The van der Waals surface area contributed by atoms with Crippen molar-refractivity contribution in [1.29, 1.82) is 0 Å². The van der Waals surface area contributed by atoms with Gasteiger partial charge in [0.1, 0.15) is 0 Å². The van der Waals surface area contributed by atoms with E-state index in [4.69, 9.17) is 29.7 Å². The van der Waals surface area contributed by atoms with E-state index in [9.17, 15) is 0 Å². The van der Waals surface area contributed by atoms with Crippen molar-refractivity contribution in [3.63, 3.8) is 0 Å². The zero-order chi connectivity index (χ0) is 19.2. The Labute approximate surface area is 147 Å². The van der Waals surface area contributed by atoms with Crippen LogP contribution in [0.4, 0.5) is 0 Å². The first-order valence-corrected chi connectivity index (χ1v) is 8.64. The van der Waals surface area contributed by atoms with Gasteiger partial charge in [0.25, 0.3) is 17.9 Å². The zero-order valence-corrected chi connectivity index (χ0v) is 15.4. The number of rotatable bonds is 0. The summed E-state index contributed by atoms with van der Waals surface area (Å²) in [6, 6.07) is 0. The van der Waals surface area contributed by atoms with Crippen LogP contribution < -0.4 is 16.0 Å². The molecule has 0 atom stereocenters. The lowest BCUT2D eigenvalue weighted by atomic mass is 10.5. The molecule has 9 nitrogen and oxygen atoms in total. The molecule has 1 heterocycles. The second-order valence-electron chi connectivity index (χ2n) is 4.42. The molecule has 144 valence electrons. The van der Waals surface area contributed by atoms with Crippen molar-refractivity contribution in [3.8, 4) is 0 Å². The van der Waals surface area contributed by atoms with Crippen LogP contribution in [0.3, 0.4) is 0 Å². The van der Waals surface area contributed by atoms with Gasteiger partial charge in [-0.3, -0.25) is 14.4 Å². The molecule has 0 radical (unpaired) electrons.